The zero-order valence-electron chi connectivity index (χ0n) is 6.95. The van der Waals surface area contributed by atoms with Gasteiger partial charge in [0.25, 0.3) is 5.91 Å². The second kappa shape index (κ2) is 3.38. The number of hydrogen-bond donors (Lipinski definition) is 0. The molecule has 0 aromatic rings. The molecule has 1 aliphatic rings. The monoisotopic (exact) mass is 169 g/mol. The van der Waals surface area contributed by atoms with Gasteiger partial charge in [0.05, 0.1) is 0 Å². The number of cyclic esters (lactones) is 1. The number of ether oxygens (including phenoxy) is 1. The number of carbonyl (C=O) groups excluding carboxylic acids is 2. The van der Waals surface area contributed by atoms with E-state index in [2.05, 4.69) is 11.3 Å². The molecule has 4 nitrogen and oxygen atoms in total. The summed E-state index contributed by atoms with van der Waals surface area (Å²) in [5.74, 6) is -0.269. The van der Waals surface area contributed by atoms with Crippen LogP contribution in [0.5, 0.6) is 0 Å². The van der Waals surface area contributed by atoms with Crippen LogP contribution in [0.1, 0.15) is 13.3 Å². The molecule has 1 fully saturated rings. The van der Waals surface area contributed by atoms with Crippen LogP contribution in [0.3, 0.4) is 0 Å². The minimum absolute atomic E-state index is 0.125. The highest BCUT2D eigenvalue weighted by atomic mass is 16.6. The predicted molar refractivity (Wildman–Crippen MR) is 42.5 cm³/mol. The minimum atomic E-state index is -0.547. The molecule has 2 amide bonds. The average Bonchev–Trinajstić information content (AvgIpc) is 2.32. The Balaban J connectivity index is 2.65. The minimum Gasteiger partial charge on any atom is -0.439 e. The molecule has 0 saturated carbocycles. The van der Waals surface area contributed by atoms with E-state index in [1.807, 2.05) is 0 Å². The van der Waals surface area contributed by atoms with Crippen LogP contribution in [-0.4, -0.2) is 29.5 Å². The zero-order valence-corrected chi connectivity index (χ0v) is 6.95. The third-order valence-electron chi connectivity index (χ3n) is 1.73. The van der Waals surface area contributed by atoms with Gasteiger partial charge < -0.3 is 4.74 Å². The van der Waals surface area contributed by atoms with Crippen molar-refractivity contribution in [2.24, 2.45) is 0 Å². The van der Waals surface area contributed by atoms with E-state index < -0.39 is 6.09 Å². The summed E-state index contributed by atoms with van der Waals surface area (Å²) in [4.78, 5) is 23.1. The summed E-state index contributed by atoms with van der Waals surface area (Å²) in [7, 11) is 0. The summed E-state index contributed by atoms with van der Waals surface area (Å²) in [6.07, 6.45) is 1.72. The van der Waals surface area contributed by atoms with Crippen LogP contribution in [0.15, 0.2) is 12.7 Å². The van der Waals surface area contributed by atoms with Crippen LogP contribution >= 0.6 is 0 Å². The number of carbonyl (C=O) groups is 2. The van der Waals surface area contributed by atoms with Crippen molar-refractivity contribution >= 4 is 12.0 Å². The van der Waals surface area contributed by atoms with E-state index in [1.165, 1.54) is 0 Å². The fourth-order valence-corrected chi connectivity index (χ4v) is 1.14. The van der Waals surface area contributed by atoms with Gasteiger partial charge in [-0.3, -0.25) is 4.79 Å². The van der Waals surface area contributed by atoms with Crippen LogP contribution in [0.4, 0.5) is 4.79 Å². The van der Waals surface area contributed by atoms with Crippen LogP contribution in [0.25, 0.3) is 0 Å². The summed E-state index contributed by atoms with van der Waals surface area (Å²) < 4.78 is 4.55. The molecule has 4 heteroatoms. The first-order valence-corrected chi connectivity index (χ1v) is 3.76. The van der Waals surface area contributed by atoms with E-state index in [0.29, 0.717) is 6.42 Å². The molecule has 1 aliphatic heterocycles. The van der Waals surface area contributed by atoms with Crippen molar-refractivity contribution in [2.75, 3.05) is 6.61 Å². The summed E-state index contributed by atoms with van der Waals surface area (Å²) in [5.41, 5.74) is 0. The second-order valence-electron chi connectivity index (χ2n) is 2.69. The molecule has 12 heavy (non-hydrogen) atoms. The van der Waals surface area contributed by atoms with Gasteiger partial charge >= 0.3 is 6.09 Å². The topological polar surface area (TPSA) is 46.6 Å². The summed E-state index contributed by atoms with van der Waals surface area (Å²) in [6, 6.07) is -0.148. The Hall–Kier alpha value is -1.32. The van der Waals surface area contributed by atoms with Crippen molar-refractivity contribution in [1.29, 1.82) is 0 Å². The Kier molecular flexibility index (Phi) is 2.47. The predicted octanol–water partition coefficient (Wildman–Crippen LogP) is 0.930. The molecule has 0 N–H and O–H groups in total. The van der Waals surface area contributed by atoms with Gasteiger partial charge in [0, 0.05) is 6.04 Å². The third kappa shape index (κ3) is 1.47. The van der Waals surface area contributed by atoms with Gasteiger partial charge in [-0.1, -0.05) is 6.08 Å². The van der Waals surface area contributed by atoms with E-state index in [-0.39, 0.29) is 18.6 Å². The standard InChI is InChI=1S/C8H11NO3/c1-3-4-6(2)9-7(10)5-12-8(9)11/h3,6H,1,4-5H2,2H3. The van der Waals surface area contributed by atoms with Crippen molar-refractivity contribution in [3.8, 4) is 0 Å². The van der Waals surface area contributed by atoms with Crippen molar-refractivity contribution < 1.29 is 14.3 Å². The average molecular weight is 169 g/mol. The molecule has 1 heterocycles. The first-order chi connectivity index (χ1) is 5.66. The van der Waals surface area contributed by atoms with Gasteiger partial charge in [-0.25, -0.2) is 9.69 Å². The maximum atomic E-state index is 11.0. The number of rotatable bonds is 3. The maximum Gasteiger partial charge on any atom is 0.417 e. The van der Waals surface area contributed by atoms with E-state index in [9.17, 15) is 9.59 Å². The Labute approximate surface area is 70.8 Å². The lowest BCUT2D eigenvalue weighted by Crippen LogP contribution is -2.37. The zero-order chi connectivity index (χ0) is 9.14. The van der Waals surface area contributed by atoms with Crippen LogP contribution in [0.2, 0.25) is 0 Å². The van der Waals surface area contributed by atoms with Gasteiger partial charge in [-0.2, -0.15) is 0 Å². The van der Waals surface area contributed by atoms with Gasteiger partial charge in [0.15, 0.2) is 6.61 Å². The molecule has 0 aromatic heterocycles. The molecule has 0 radical (unpaired) electrons. The molecule has 1 unspecified atom stereocenters. The van der Waals surface area contributed by atoms with Crippen LogP contribution in [0, 0.1) is 0 Å². The molecular formula is C8H11NO3. The number of amides is 2. The first-order valence-electron chi connectivity index (χ1n) is 3.76. The van der Waals surface area contributed by atoms with E-state index in [0.717, 1.165) is 4.90 Å². The maximum absolute atomic E-state index is 11.0. The Morgan fingerprint density at radius 3 is 2.83 bits per heavy atom. The van der Waals surface area contributed by atoms with Crippen molar-refractivity contribution in [2.45, 2.75) is 19.4 Å². The molecule has 1 saturated heterocycles. The third-order valence-corrected chi connectivity index (χ3v) is 1.73. The molecule has 66 valence electrons. The number of nitrogens with zero attached hydrogens (tertiary/aromatic N) is 1. The SMILES string of the molecule is C=CCC(C)N1C(=O)COC1=O. The smallest absolute Gasteiger partial charge is 0.417 e. The fourth-order valence-electron chi connectivity index (χ4n) is 1.14. The molecule has 0 spiro atoms. The van der Waals surface area contributed by atoms with Gasteiger partial charge in [0.1, 0.15) is 0 Å². The highest BCUT2D eigenvalue weighted by Gasteiger charge is 2.34. The summed E-state index contributed by atoms with van der Waals surface area (Å²) in [5, 5.41) is 0. The summed E-state index contributed by atoms with van der Waals surface area (Å²) >= 11 is 0. The number of hydrogen-bond acceptors (Lipinski definition) is 3. The Morgan fingerprint density at radius 2 is 2.42 bits per heavy atom. The molecule has 0 aliphatic carbocycles. The quantitative estimate of drug-likeness (QED) is 0.590. The fraction of sp³-hybridized carbons (Fsp3) is 0.500. The second-order valence-corrected chi connectivity index (χ2v) is 2.69. The van der Waals surface area contributed by atoms with Crippen molar-refractivity contribution in [1.82, 2.24) is 4.90 Å². The highest BCUT2D eigenvalue weighted by molar-refractivity contribution is 5.98. The molecular weight excluding hydrogens is 158 g/mol. The number of imide groups is 1. The van der Waals surface area contributed by atoms with Gasteiger partial charge in [-0.15, -0.1) is 6.58 Å². The molecule has 0 aromatic carbocycles. The van der Waals surface area contributed by atoms with Gasteiger partial charge in [0.2, 0.25) is 0 Å². The Bertz CT molecular complexity index is 208. The Morgan fingerprint density at radius 1 is 1.75 bits per heavy atom. The normalized spacial score (nSPS) is 19.2. The van der Waals surface area contributed by atoms with Crippen molar-refractivity contribution in [3.05, 3.63) is 12.7 Å². The largest absolute Gasteiger partial charge is 0.439 e. The van der Waals surface area contributed by atoms with Gasteiger partial charge in [-0.05, 0) is 13.3 Å². The molecule has 1 rings (SSSR count). The first kappa shape index (κ1) is 8.77. The lowest BCUT2D eigenvalue weighted by atomic mass is 10.2. The van der Waals surface area contributed by atoms with E-state index in [4.69, 9.17) is 0 Å². The summed E-state index contributed by atoms with van der Waals surface area (Å²) in [6.45, 7) is 5.19. The highest BCUT2D eigenvalue weighted by Crippen LogP contribution is 2.12. The van der Waals surface area contributed by atoms with E-state index >= 15 is 0 Å². The molecule has 1 atom stereocenters. The van der Waals surface area contributed by atoms with Crippen molar-refractivity contribution in [3.63, 3.8) is 0 Å². The lowest BCUT2D eigenvalue weighted by Gasteiger charge is -2.17. The lowest BCUT2D eigenvalue weighted by molar-refractivity contribution is -0.127. The molecule has 0 bridgehead atoms. The van der Waals surface area contributed by atoms with Crippen LogP contribution < -0.4 is 0 Å². The van der Waals surface area contributed by atoms with E-state index in [1.54, 1.807) is 13.0 Å². The van der Waals surface area contributed by atoms with Crippen LogP contribution in [-0.2, 0) is 9.53 Å².